The molecule has 14 nitrogen and oxygen atoms in total. The van der Waals surface area contributed by atoms with E-state index < -0.39 is 58.4 Å². The van der Waals surface area contributed by atoms with Crippen LogP contribution in [-0.2, 0) is 36.9 Å². The Balaban J connectivity index is 2.48. The molecule has 0 bridgehead atoms. The highest BCUT2D eigenvalue weighted by atomic mass is 31.2. The van der Waals surface area contributed by atoms with Crippen LogP contribution in [0.3, 0.4) is 0 Å². The van der Waals surface area contributed by atoms with Crippen LogP contribution >= 0.6 is 16.1 Å². The summed E-state index contributed by atoms with van der Waals surface area (Å²) in [5.41, 5.74) is -1.29. The van der Waals surface area contributed by atoms with Crippen molar-refractivity contribution in [3.8, 4) is 6.07 Å². The van der Waals surface area contributed by atoms with Crippen LogP contribution in [0.2, 0.25) is 0 Å². The summed E-state index contributed by atoms with van der Waals surface area (Å²) in [6.07, 6.45) is -3.18. The second-order valence-electron chi connectivity index (χ2n) is 8.97. The van der Waals surface area contributed by atoms with E-state index in [4.69, 9.17) is 37.6 Å². The van der Waals surface area contributed by atoms with Gasteiger partial charge in [-0.05, 0) is 41.5 Å². The largest absolute Gasteiger partial charge is 0.374 e. The molecule has 0 saturated carbocycles. The molecule has 0 radical (unpaired) electrons. The molecule has 1 aromatic heterocycles. The number of hydrogen-bond donors (Lipinski definition) is 1. The van der Waals surface area contributed by atoms with Crippen molar-refractivity contribution in [2.24, 2.45) is 0 Å². The van der Waals surface area contributed by atoms with Crippen molar-refractivity contribution in [2.45, 2.75) is 84.8 Å². The predicted octanol–water partition coefficient (Wildman–Crippen LogP) is 3.31. The smallest absolute Gasteiger partial charge is 0.356 e. The normalized spacial score (nSPS) is 22.6. The van der Waals surface area contributed by atoms with Crippen molar-refractivity contribution in [2.75, 3.05) is 33.3 Å². The molecule has 1 fully saturated rings. The van der Waals surface area contributed by atoms with E-state index in [0.29, 0.717) is 0 Å². The standard InChI is InChI=1S/C23H40N4O10P2/c1-8-34-39(30,35-9-2)15-32-22-20(37-38(33-14-10-12-24)27(16(3)4)17(5)6)19(31-7)21(36-22)26-13-11-18(28)25-23(26)29/h11,13,16-17,19-22H,8-10,14-15H2,1-7H3,(H,25,28,29)/t19?,20?,21-,22+,38?/m1/s1. The van der Waals surface area contributed by atoms with Crippen LogP contribution in [0.1, 0.15) is 54.2 Å². The maximum atomic E-state index is 13.1. The number of methoxy groups -OCH3 is 1. The molecule has 5 atom stereocenters. The molecule has 1 N–H and O–H groups in total. The molecule has 0 amide bonds. The van der Waals surface area contributed by atoms with Crippen LogP contribution in [0.25, 0.3) is 0 Å². The fourth-order valence-corrected chi connectivity index (χ4v) is 7.10. The third-order valence-corrected chi connectivity index (χ3v) is 9.36. The maximum Gasteiger partial charge on any atom is 0.356 e. The van der Waals surface area contributed by atoms with Crippen LogP contribution < -0.4 is 11.2 Å². The Kier molecular flexibility index (Phi) is 13.9. The summed E-state index contributed by atoms with van der Waals surface area (Å²) in [5.74, 6) is 0. The van der Waals surface area contributed by atoms with E-state index in [9.17, 15) is 14.2 Å². The first-order valence-electron chi connectivity index (χ1n) is 12.8. The number of nitrogens with one attached hydrogen (secondary N) is 1. The van der Waals surface area contributed by atoms with E-state index in [1.54, 1.807) is 13.8 Å². The number of nitrogens with zero attached hydrogens (tertiary/aromatic N) is 3. The van der Waals surface area contributed by atoms with Crippen LogP contribution in [-0.4, -0.2) is 78.1 Å². The molecule has 222 valence electrons. The van der Waals surface area contributed by atoms with Crippen LogP contribution in [0.5, 0.6) is 0 Å². The summed E-state index contributed by atoms with van der Waals surface area (Å²) < 4.78 is 57.2. The highest BCUT2D eigenvalue weighted by Gasteiger charge is 2.51. The summed E-state index contributed by atoms with van der Waals surface area (Å²) in [4.78, 5) is 26.5. The Morgan fingerprint density at radius 2 is 1.82 bits per heavy atom. The minimum atomic E-state index is -3.63. The van der Waals surface area contributed by atoms with E-state index >= 15 is 0 Å². The average molecular weight is 595 g/mol. The Morgan fingerprint density at radius 3 is 2.33 bits per heavy atom. The highest BCUT2D eigenvalue weighted by Crippen LogP contribution is 2.52. The molecule has 2 rings (SSSR count). The Hall–Kier alpha value is -1.49. The zero-order valence-electron chi connectivity index (χ0n) is 23.5. The van der Waals surface area contributed by atoms with Gasteiger partial charge in [0.25, 0.3) is 14.1 Å². The van der Waals surface area contributed by atoms with Gasteiger partial charge >= 0.3 is 13.3 Å². The summed E-state index contributed by atoms with van der Waals surface area (Å²) in [6.45, 7) is 11.7. The molecule has 1 saturated heterocycles. The van der Waals surface area contributed by atoms with E-state index in [0.717, 1.165) is 4.57 Å². The molecule has 16 heteroatoms. The van der Waals surface area contributed by atoms with E-state index in [1.165, 1.54) is 19.4 Å². The van der Waals surface area contributed by atoms with Crippen molar-refractivity contribution in [1.82, 2.24) is 14.2 Å². The first-order valence-corrected chi connectivity index (χ1v) is 15.6. The van der Waals surface area contributed by atoms with Gasteiger partial charge in [0.05, 0.1) is 32.3 Å². The minimum absolute atomic E-state index is 0.00891. The number of aromatic nitrogens is 2. The summed E-state index contributed by atoms with van der Waals surface area (Å²) in [6, 6.07) is 3.25. The number of H-pyrrole nitrogens is 1. The lowest BCUT2D eigenvalue weighted by molar-refractivity contribution is -0.166. The van der Waals surface area contributed by atoms with Gasteiger partial charge in [0.2, 0.25) is 0 Å². The Labute approximate surface area is 229 Å². The van der Waals surface area contributed by atoms with E-state index in [1.807, 2.05) is 32.4 Å². The van der Waals surface area contributed by atoms with Crippen LogP contribution in [0.15, 0.2) is 21.9 Å². The third kappa shape index (κ3) is 9.26. The van der Waals surface area contributed by atoms with Crippen LogP contribution in [0.4, 0.5) is 0 Å². The molecule has 0 aromatic carbocycles. The average Bonchev–Trinajstić information content (AvgIpc) is 3.19. The van der Waals surface area contributed by atoms with Gasteiger partial charge in [-0.15, -0.1) is 0 Å². The number of nitriles is 1. The molecule has 2 heterocycles. The molecule has 39 heavy (non-hydrogen) atoms. The first kappa shape index (κ1) is 33.7. The lowest BCUT2D eigenvalue weighted by atomic mass is 10.2. The minimum Gasteiger partial charge on any atom is -0.374 e. The summed E-state index contributed by atoms with van der Waals surface area (Å²) in [5, 5.41) is 9.04. The lowest BCUT2D eigenvalue weighted by Crippen LogP contribution is -2.41. The Bertz CT molecular complexity index is 1070. The van der Waals surface area contributed by atoms with E-state index in [2.05, 4.69) is 11.1 Å². The van der Waals surface area contributed by atoms with Gasteiger partial charge < -0.3 is 32.3 Å². The van der Waals surface area contributed by atoms with Gasteiger partial charge in [-0.25, -0.2) is 9.46 Å². The number of hydrogen-bond acceptors (Lipinski definition) is 12. The first-order chi connectivity index (χ1) is 18.5. The van der Waals surface area contributed by atoms with Crippen molar-refractivity contribution in [3.05, 3.63) is 33.1 Å². The zero-order chi connectivity index (χ0) is 29.2. The maximum absolute atomic E-state index is 13.1. The fourth-order valence-electron chi connectivity index (χ4n) is 4.02. The van der Waals surface area contributed by atoms with Crippen molar-refractivity contribution >= 4 is 16.1 Å². The van der Waals surface area contributed by atoms with Crippen molar-refractivity contribution < 1.29 is 36.9 Å². The van der Waals surface area contributed by atoms with Crippen molar-refractivity contribution in [1.29, 1.82) is 5.26 Å². The third-order valence-electron chi connectivity index (χ3n) is 5.47. The lowest BCUT2D eigenvalue weighted by Gasteiger charge is -2.38. The van der Waals surface area contributed by atoms with Gasteiger partial charge in [0, 0.05) is 31.5 Å². The summed E-state index contributed by atoms with van der Waals surface area (Å²) in [7, 11) is -3.98. The predicted molar refractivity (Wildman–Crippen MR) is 143 cm³/mol. The van der Waals surface area contributed by atoms with Gasteiger partial charge in [-0.1, -0.05) is 0 Å². The SMILES string of the molecule is CCOP(=O)(CO[C@H]1O[C@@H](n2ccc(=O)[nH]c2=O)C(OC)C1OP(OCCC#N)N(C(C)C)C(C)C)OCC. The molecule has 3 unspecified atom stereocenters. The number of aromatic amines is 1. The second-order valence-corrected chi connectivity index (χ2v) is 12.4. The fraction of sp³-hybridized carbons (Fsp3) is 0.783. The quantitative estimate of drug-likeness (QED) is 0.207. The number of rotatable bonds is 17. The molecule has 1 aromatic rings. The topological polar surface area (TPSA) is 164 Å². The monoisotopic (exact) mass is 594 g/mol. The number of ether oxygens (including phenoxy) is 3. The van der Waals surface area contributed by atoms with Gasteiger partial charge in [0.1, 0.15) is 12.2 Å². The molecule has 0 aliphatic carbocycles. The molecular formula is C23H40N4O10P2. The van der Waals surface area contributed by atoms with Gasteiger partial charge in [-0.3, -0.25) is 18.9 Å². The van der Waals surface area contributed by atoms with E-state index in [-0.39, 0.29) is 38.3 Å². The molecule has 1 aliphatic rings. The van der Waals surface area contributed by atoms with Gasteiger partial charge in [-0.2, -0.15) is 5.26 Å². The van der Waals surface area contributed by atoms with Crippen LogP contribution in [0, 0.1) is 11.3 Å². The second kappa shape index (κ2) is 16.1. The Morgan fingerprint density at radius 1 is 1.18 bits per heavy atom. The zero-order valence-corrected chi connectivity index (χ0v) is 25.3. The van der Waals surface area contributed by atoms with Gasteiger partial charge in [0.15, 0.2) is 18.9 Å². The molecule has 0 spiro atoms. The summed E-state index contributed by atoms with van der Waals surface area (Å²) >= 11 is 0. The molecule has 1 aliphatic heterocycles. The highest BCUT2D eigenvalue weighted by molar-refractivity contribution is 7.53. The van der Waals surface area contributed by atoms with Crippen molar-refractivity contribution in [3.63, 3.8) is 0 Å². The molecular weight excluding hydrogens is 554 g/mol.